The predicted octanol–water partition coefficient (Wildman–Crippen LogP) is 0.561. The van der Waals surface area contributed by atoms with E-state index in [0.29, 0.717) is 32.6 Å². The van der Waals surface area contributed by atoms with Gasteiger partial charge < -0.3 is 10.2 Å². The Bertz CT molecular complexity index is 447. The number of terminal acetylenes is 1. The van der Waals surface area contributed by atoms with Gasteiger partial charge >= 0.3 is 0 Å². The van der Waals surface area contributed by atoms with Gasteiger partial charge in [-0.05, 0) is 20.3 Å². The Morgan fingerprint density at radius 3 is 2.55 bits per heavy atom. The van der Waals surface area contributed by atoms with Crippen molar-refractivity contribution in [2.45, 2.75) is 26.7 Å². The van der Waals surface area contributed by atoms with Crippen molar-refractivity contribution < 1.29 is 18.4 Å². The van der Waals surface area contributed by atoms with E-state index in [1.807, 2.05) is 4.90 Å². The molecule has 1 fully saturated rings. The average Bonchev–Trinajstić information content (AvgIpc) is 2.69. The van der Waals surface area contributed by atoms with E-state index in [4.69, 9.17) is 6.42 Å². The maximum Gasteiger partial charge on any atom is 0.252 e. The van der Waals surface area contributed by atoms with Crippen LogP contribution in [0.2, 0.25) is 0 Å². The largest absolute Gasteiger partial charge is 0.344 e. The zero-order chi connectivity index (χ0) is 16.8. The van der Waals surface area contributed by atoms with Gasteiger partial charge in [-0.15, -0.1) is 6.42 Å². The summed E-state index contributed by atoms with van der Waals surface area (Å²) in [4.78, 5) is 27.2. The summed E-state index contributed by atoms with van der Waals surface area (Å²) in [6, 6.07) is 0. The zero-order valence-electron chi connectivity index (χ0n) is 13.1. The summed E-state index contributed by atoms with van der Waals surface area (Å²) < 4.78 is 25.9. The molecule has 1 saturated heterocycles. The van der Waals surface area contributed by atoms with Crippen LogP contribution in [0.5, 0.6) is 0 Å². The molecule has 5 nitrogen and oxygen atoms in total. The van der Waals surface area contributed by atoms with Crippen LogP contribution in [-0.2, 0) is 9.59 Å². The normalized spacial score (nSPS) is 17.0. The van der Waals surface area contributed by atoms with Crippen LogP contribution in [0.1, 0.15) is 20.3 Å². The number of rotatable bonds is 5. The van der Waals surface area contributed by atoms with Crippen molar-refractivity contribution in [3.05, 3.63) is 0 Å². The smallest absolute Gasteiger partial charge is 0.252 e. The lowest BCUT2D eigenvalue weighted by Crippen LogP contribution is -2.46. The lowest BCUT2D eigenvalue weighted by molar-refractivity contribution is -0.148. The van der Waals surface area contributed by atoms with Crippen LogP contribution in [0.25, 0.3) is 0 Å². The van der Waals surface area contributed by atoms with E-state index in [-0.39, 0.29) is 19.0 Å². The topological polar surface area (TPSA) is 52.7 Å². The molecular weight excluding hydrogens is 292 g/mol. The van der Waals surface area contributed by atoms with Gasteiger partial charge in [-0.25, -0.2) is 8.78 Å². The van der Waals surface area contributed by atoms with Gasteiger partial charge in [-0.2, -0.15) is 0 Å². The second-order valence-corrected chi connectivity index (χ2v) is 5.93. The number of hydrogen-bond acceptors (Lipinski definition) is 3. The van der Waals surface area contributed by atoms with Crippen LogP contribution in [-0.4, -0.2) is 67.3 Å². The Kier molecular flexibility index (Phi) is 6.75. The predicted molar refractivity (Wildman–Crippen MR) is 79.3 cm³/mol. The van der Waals surface area contributed by atoms with Gasteiger partial charge in [0, 0.05) is 26.2 Å². The van der Waals surface area contributed by atoms with E-state index in [9.17, 15) is 18.4 Å². The summed E-state index contributed by atoms with van der Waals surface area (Å²) in [7, 11) is 0. The standard InChI is InChI=1S/C15H23F2N3O2/c1-4-6-18-12(21)11-19-7-5-8-20(10-9-19)14(22)15(2,3)13(16)17/h1,13H,5-11H2,2-3H3,(H,18,21). The van der Waals surface area contributed by atoms with Crippen molar-refractivity contribution in [2.75, 3.05) is 39.3 Å². The van der Waals surface area contributed by atoms with Gasteiger partial charge in [-0.3, -0.25) is 14.5 Å². The fourth-order valence-corrected chi connectivity index (χ4v) is 2.24. The number of carbonyl (C=O) groups excluding carboxylic acids is 2. The number of halogens is 2. The lowest BCUT2D eigenvalue weighted by Gasteiger charge is -2.30. The van der Waals surface area contributed by atoms with Gasteiger partial charge in [0.25, 0.3) is 6.43 Å². The summed E-state index contributed by atoms with van der Waals surface area (Å²) >= 11 is 0. The molecule has 22 heavy (non-hydrogen) atoms. The first-order chi connectivity index (χ1) is 10.3. The third-order valence-electron chi connectivity index (χ3n) is 3.73. The summed E-state index contributed by atoms with van der Waals surface area (Å²) in [6.07, 6.45) is 3.01. The highest BCUT2D eigenvalue weighted by Gasteiger charge is 2.40. The van der Waals surface area contributed by atoms with Crippen molar-refractivity contribution in [3.63, 3.8) is 0 Å². The van der Waals surface area contributed by atoms with E-state index in [0.717, 1.165) is 0 Å². The minimum absolute atomic E-state index is 0.175. The quantitative estimate of drug-likeness (QED) is 0.754. The molecule has 0 aromatic heterocycles. The molecule has 1 rings (SSSR count). The first-order valence-corrected chi connectivity index (χ1v) is 7.29. The molecule has 0 aliphatic carbocycles. The number of alkyl halides is 2. The monoisotopic (exact) mass is 315 g/mol. The van der Waals surface area contributed by atoms with Gasteiger partial charge in [0.1, 0.15) is 5.41 Å². The van der Waals surface area contributed by atoms with E-state index < -0.39 is 17.7 Å². The first-order valence-electron chi connectivity index (χ1n) is 7.29. The molecule has 1 heterocycles. The Hall–Kier alpha value is -1.68. The van der Waals surface area contributed by atoms with E-state index in [2.05, 4.69) is 11.2 Å². The fraction of sp³-hybridized carbons (Fsp3) is 0.733. The maximum atomic E-state index is 13.0. The number of carbonyl (C=O) groups is 2. The maximum absolute atomic E-state index is 13.0. The fourth-order valence-electron chi connectivity index (χ4n) is 2.24. The zero-order valence-corrected chi connectivity index (χ0v) is 13.1. The molecule has 1 aliphatic heterocycles. The third-order valence-corrected chi connectivity index (χ3v) is 3.73. The van der Waals surface area contributed by atoms with Crippen LogP contribution in [0, 0.1) is 17.8 Å². The lowest BCUT2D eigenvalue weighted by atomic mass is 9.92. The van der Waals surface area contributed by atoms with Crippen LogP contribution in [0.3, 0.4) is 0 Å². The highest BCUT2D eigenvalue weighted by molar-refractivity contribution is 5.82. The molecule has 2 amide bonds. The molecule has 0 atom stereocenters. The molecule has 0 radical (unpaired) electrons. The van der Waals surface area contributed by atoms with Crippen molar-refractivity contribution in [1.82, 2.24) is 15.1 Å². The number of amides is 2. The second kappa shape index (κ2) is 8.08. The Morgan fingerprint density at radius 2 is 1.95 bits per heavy atom. The summed E-state index contributed by atoms with van der Waals surface area (Å²) in [5, 5.41) is 2.58. The Labute approximate surface area is 130 Å². The minimum Gasteiger partial charge on any atom is -0.344 e. The first kappa shape index (κ1) is 18.4. The minimum atomic E-state index is -2.70. The van der Waals surface area contributed by atoms with E-state index in [1.165, 1.54) is 18.7 Å². The SMILES string of the molecule is C#CCNC(=O)CN1CCCN(C(=O)C(C)(C)C(F)F)CC1. The van der Waals surface area contributed by atoms with E-state index >= 15 is 0 Å². The molecule has 7 heteroatoms. The molecule has 0 unspecified atom stereocenters. The van der Waals surface area contributed by atoms with Gasteiger partial charge in [0.05, 0.1) is 13.1 Å². The van der Waals surface area contributed by atoms with Crippen LogP contribution in [0.15, 0.2) is 0 Å². The molecule has 0 spiro atoms. The molecule has 0 aromatic rings. The third kappa shape index (κ3) is 4.95. The summed E-state index contributed by atoms with van der Waals surface area (Å²) in [6.45, 7) is 4.79. The molecule has 0 saturated carbocycles. The average molecular weight is 315 g/mol. The van der Waals surface area contributed by atoms with Crippen LogP contribution < -0.4 is 5.32 Å². The molecule has 0 bridgehead atoms. The van der Waals surface area contributed by atoms with Crippen molar-refractivity contribution in [3.8, 4) is 12.3 Å². The second-order valence-electron chi connectivity index (χ2n) is 5.93. The number of nitrogens with one attached hydrogen (secondary N) is 1. The van der Waals surface area contributed by atoms with E-state index in [1.54, 1.807) is 0 Å². The summed E-state index contributed by atoms with van der Waals surface area (Å²) in [5.74, 6) is 1.61. The molecule has 124 valence electrons. The van der Waals surface area contributed by atoms with Crippen molar-refractivity contribution in [1.29, 1.82) is 0 Å². The Balaban J connectivity index is 2.54. The van der Waals surface area contributed by atoms with Crippen molar-refractivity contribution >= 4 is 11.8 Å². The van der Waals surface area contributed by atoms with Crippen LogP contribution in [0.4, 0.5) is 8.78 Å². The number of hydrogen-bond donors (Lipinski definition) is 1. The molecule has 1 N–H and O–H groups in total. The molecule has 0 aromatic carbocycles. The molecule has 1 aliphatic rings. The van der Waals surface area contributed by atoms with Gasteiger partial charge in [0.15, 0.2) is 0 Å². The Morgan fingerprint density at radius 1 is 1.27 bits per heavy atom. The van der Waals surface area contributed by atoms with Gasteiger partial charge in [-0.1, -0.05) is 5.92 Å². The van der Waals surface area contributed by atoms with Gasteiger partial charge in [0.2, 0.25) is 11.8 Å². The highest BCUT2D eigenvalue weighted by atomic mass is 19.3. The highest BCUT2D eigenvalue weighted by Crippen LogP contribution is 2.27. The molecular formula is C15H23F2N3O2. The van der Waals surface area contributed by atoms with Crippen molar-refractivity contribution in [2.24, 2.45) is 5.41 Å². The summed E-state index contributed by atoms with van der Waals surface area (Å²) in [5.41, 5.74) is -1.68. The van der Waals surface area contributed by atoms with Crippen LogP contribution >= 0.6 is 0 Å². The number of nitrogens with zero attached hydrogens (tertiary/aromatic N) is 2.